The summed E-state index contributed by atoms with van der Waals surface area (Å²) in [5.74, 6) is 1.98. The fraction of sp³-hybridized carbons (Fsp3) is 0.222. The first-order valence-electron chi connectivity index (χ1n) is 3.54. The number of hydrogen-bond acceptors (Lipinski definition) is 2. The van der Waals surface area contributed by atoms with Crippen LogP contribution in [0.4, 0.5) is 4.39 Å². The molecule has 0 aromatic carbocycles. The molecule has 2 N–H and O–H groups in total. The molecule has 0 amide bonds. The monoisotopic (exact) mass is 164 g/mol. The smallest absolute Gasteiger partial charge is 0.146 e. The summed E-state index contributed by atoms with van der Waals surface area (Å²) in [5, 5.41) is 0. The van der Waals surface area contributed by atoms with Crippen molar-refractivity contribution in [1.29, 1.82) is 0 Å². The van der Waals surface area contributed by atoms with E-state index in [0.717, 1.165) is 6.20 Å². The van der Waals surface area contributed by atoms with Crippen LogP contribution in [0.5, 0.6) is 0 Å². The number of terminal acetylenes is 1. The van der Waals surface area contributed by atoms with E-state index >= 15 is 0 Å². The van der Waals surface area contributed by atoms with Gasteiger partial charge in [-0.2, -0.15) is 0 Å². The first-order valence-corrected chi connectivity index (χ1v) is 3.54. The topological polar surface area (TPSA) is 38.9 Å². The molecule has 0 bridgehead atoms. The van der Waals surface area contributed by atoms with Crippen LogP contribution in [0.15, 0.2) is 18.5 Å². The Morgan fingerprint density at radius 3 is 3.08 bits per heavy atom. The number of hydrogen-bond donors (Lipinski definition) is 1. The van der Waals surface area contributed by atoms with Crippen molar-refractivity contribution >= 4 is 0 Å². The summed E-state index contributed by atoms with van der Waals surface area (Å²) >= 11 is 0. The molecule has 0 fully saturated rings. The quantitative estimate of drug-likeness (QED) is 0.668. The van der Waals surface area contributed by atoms with Crippen LogP contribution in [-0.2, 0) is 0 Å². The molecule has 0 aliphatic heterocycles. The number of aromatic nitrogens is 1. The molecule has 62 valence electrons. The van der Waals surface area contributed by atoms with Crippen LogP contribution >= 0.6 is 0 Å². The van der Waals surface area contributed by atoms with E-state index in [1.807, 2.05) is 0 Å². The maximum absolute atomic E-state index is 13.0. The lowest BCUT2D eigenvalue weighted by Gasteiger charge is -2.07. The van der Waals surface area contributed by atoms with E-state index in [2.05, 4.69) is 10.9 Å². The van der Waals surface area contributed by atoms with Crippen molar-refractivity contribution in [3.63, 3.8) is 0 Å². The maximum atomic E-state index is 13.0. The summed E-state index contributed by atoms with van der Waals surface area (Å²) in [6.07, 6.45) is 8.01. The van der Waals surface area contributed by atoms with Crippen LogP contribution in [0, 0.1) is 18.2 Å². The molecule has 1 aromatic rings. The highest BCUT2D eigenvalue weighted by molar-refractivity contribution is 5.18. The van der Waals surface area contributed by atoms with E-state index in [4.69, 9.17) is 12.2 Å². The Hall–Kier alpha value is -1.40. The highest BCUT2D eigenvalue weighted by Crippen LogP contribution is 2.15. The molecule has 1 heterocycles. The number of rotatable bonds is 2. The van der Waals surface area contributed by atoms with Crippen LogP contribution in [-0.4, -0.2) is 4.98 Å². The van der Waals surface area contributed by atoms with E-state index in [1.165, 1.54) is 12.3 Å². The average Bonchev–Trinajstić information content (AvgIpc) is 2.05. The molecule has 0 spiro atoms. The summed E-state index contributed by atoms with van der Waals surface area (Å²) in [7, 11) is 0. The van der Waals surface area contributed by atoms with Crippen LogP contribution in [0.1, 0.15) is 18.0 Å². The lowest BCUT2D eigenvalue weighted by Crippen LogP contribution is -2.11. The van der Waals surface area contributed by atoms with Gasteiger partial charge in [-0.1, -0.05) is 0 Å². The van der Waals surface area contributed by atoms with Gasteiger partial charge >= 0.3 is 0 Å². The molecule has 1 aromatic heterocycles. The Morgan fingerprint density at radius 2 is 2.50 bits per heavy atom. The fourth-order valence-corrected chi connectivity index (χ4v) is 0.924. The number of nitrogens with two attached hydrogens (primary N) is 1. The van der Waals surface area contributed by atoms with Gasteiger partial charge in [-0.15, -0.1) is 12.3 Å². The Labute approximate surface area is 70.6 Å². The molecule has 1 unspecified atom stereocenters. The molecular formula is C9H9FN2. The predicted octanol–water partition coefficient (Wildman–Crippen LogP) is 1.24. The summed E-state index contributed by atoms with van der Waals surface area (Å²) in [6.45, 7) is 0. The van der Waals surface area contributed by atoms with E-state index in [1.54, 1.807) is 0 Å². The van der Waals surface area contributed by atoms with E-state index in [0.29, 0.717) is 12.0 Å². The Bertz CT molecular complexity index is 304. The van der Waals surface area contributed by atoms with Gasteiger partial charge < -0.3 is 5.73 Å². The Kier molecular flexibility index (Phi) is 2.78. The van der Waals surface area contributed by atoms with Crippen molar-refractivity contribution in [3.8, 4) is 12.3 Å². The normalized spacial score (nSPS) is 12.1. The minimum atomic E-state index is -0.432. The molecule has 3 heteroatoms. The van der Waals surface area contributed by atoms with Crippen molar-refractivity contribution in [2.75, 3.05) is 0 Å². The second-order valence-electron chi connectivity index (χ2n) is 2.41. The molecule has 0 radical (unpaired) electrons. The standard InChI is InChI=1S/C9H9FN2/c1-2-3-9(11)7-4-5-12-6-8(7)10/h1,4-6,9H,3,11H2. The van der Waals surface area contributed by atoms with Crippen molar-refractivity contribution in [2.45, 2.75) is 12.5 Å². The van der Waals surface area contributed by atoms with Crippen molar-refractivity contribution in [2.24, 2.45) is 5.73 Å². The van der Waals surface area contributed by atoms with Gasteiger partial charge in [0, 0.05) is 24.2 Å². The highest BCUT2D eigenvalue weighted by Gasteiger charge is 2.08. The van der Waals surface area contributed by atoms with Gasteiger partial charge in [-0.3, -0.25) is 4.98 Å². The molecule has 0 saturated heterocycles. The average molecular weight is 164 g/mol. The van der Waals surface area contributed by atoms with Gasteiger partial charge in [-0.25, -0.2) is 4.39 Å². The van der Waals surface area contributed by atoms with Crippen molar-refractivity contribution in [3.05, 3.63) is 29.8 Å². The van der Waals surface area contributed by atoms with Crippen LogP contribution < -0.4 is 5.73 Å². The molecular weight excluding hydrogens is 155 g/mol. The largest absolute Gasteiger partial charge is 0.323 e. The predicted molar refractivity (Wildman–Crippen MR) is 44.6 cm³/mol. The molecule has 0 aliphatic rings. The first-order chi connectivity index (χ1) is 5.75. The molecule has 2 nitrogen and oxygen atoms in total. The summed E-state index contributed by atoms with van der Waals surface area (Å²) < 4.78 is 13.0. The van der Waals surface area contributed by atoms with Gasteiger partial charge in [0.05, 0.1) is 6.20 Å². The molecule has 0 saturated carbocycles. The summed E-state index contributed by atoms with van der Waals surface area (Å²) in [5.41, 5.74) is 6.02. The van der Waals surface area contributed by atoms with Gasteiger partial charge in [0.25, 0.3) is 0 Å². The number of nitrogens with zero attached hydrogens (tertiary/aromatic N) is 1. The third-order valence-electron chi connectivity index (χ3n) is 1.54. The van der Waals surface area contributed by atoms with Crippen molar-refractivity contribution < 1.29 is 4.39 Å². The van der Waals surface area contributed by atoms with E-state index in [9.17, 15) is 4.39 Å². The zero-order valence-electron chi connectivity index (χ0n) is 6.50. The van der Waals surface area contributed by atoms with Crippen LogP contribution in [0.25, 0.3) is 0 Å². The minimum Gasteiger partial charge on any atom is -0.323 e. The Morgan fingerprint density at radius 1 is 1.75 bits per heavy atom. The van der Waals surface area contributed by atoms with E-state index < -0.39 is 11.9 Å². The Balaban J connectivity index is 2.88. The molecule has 1 rings (SSSR count). The zero-order valence-corrected chi connectivity index (χ0v) is 6.50. The summed E-state index contributed by atoms with van der Waals surface area (Å²) in [6, 6.07) is 1.11. The summed E-state index contributed by atoms with van der Waals surface area (Å²) in [4.78, 5) is 3.61. The highest BCUT2D eigenvalue weighted by atomic mass is 19.1. The zero-order chi connectivity index (χ0) is 8.97. The SMILES string of the molecule is C#CCC(N)c1ccncc1F. The molecule has 12 heavy (non-hydrogen) atoms. The third-order valence-corrected chi connectivity index (χ3v) is 1.54. The minimum absolute atomic E-state index is 0.334. The third kappa shape index (κ3) is 1.80. The number of pyridine rings is 1. The lowest BCUT2D eigenvalue weighted by molar-refractivity contribution is 0.579. The maximum Gasteiger partial charge on any atom is 0.146 e. The van der Waals surface area contributed by atoms with Gasteiger partial charge in [0.1, 0.15) is 5.82 Å². The van der Waals surface area contributed by atoms with E-state index in [-0.39, 0.29) is 0 Å². The van der Waals surface area contributed by atoms with Gasteiger partial charge in [-0.05, 0) is 6.07 Å². The molecule has 1 atom stereocenters. The van der Waals surface area contributed by atoms with Gasteiger partial charge in [0.2, 0.25) is 0 Å². The number of halogens is 1. The lowest BCUT2D eigenvalue weighted by atomic mass is 10.1. The van der Waals surface area contributed by atoms with Crippen LogP contribution in [0.3, 0.4) is 0 Å². The molecule has 0 aliphatic carbocycles. The van der Waals surface area contributed by atoms with Gasteiger partial charge in [0.15, 0.2) is 0 Å². The van der Waals surface area contributed by atoms with Crippen LogP contribution in [0.2, 0.25) is 0 Å². The second-order valence-corrected chi connectivity index (χ2v) is 2.41. The fourth-order valence-electron chi connectivity index (χ4n) is 0.924. The first kappa shape index (κ1) is 8.69. The van der Waals surface area contributed by atoms with Crippen molar-refractivity contribution in [1.82, 2.24) is 4.98 Å². The second kappa shape index (κ2) is 3.84.